The van der Waals surface area contributed by atoms with Crippen LogP contribution in [-0.2, 0) is 4.79 Å². The van der Waals surface area contributed by atoms with Gasteiger partial charge < -0.3 is 9.42 Å². The summed E-state index contributed by atoms with van der Waals surface area (Å²) in [5.41, 5.74) is 0.948. The number of carbonyl (C=O) groups excluding carboxylic acids is 1. The number of rotatable bonds is 5. The van der Waals surface area contributed by atoms with Crippen LogP contribution in [0, 0.1) is 5.92 Å². The molecule has 1 saturated heterocycles. The van der Waals surface area contributed by atoms with Gasteiger partial charge in [-0.05, 0) is 12.3 Å². The van der Waals surface area contributed by atoms with Crippen LogP contribution >= 0.6 is 0 Å². The summed E-state index contributed by atoms with van der Waals surface area (Å²) in [5, 5.41) is 4.10. The van der Waals surface area contributed by atoms with Crippen molar-refractivity contribution in [2.45, 2.75) is 39.0 Å². The highest BCUT2D eigenvalue weighted by Gasteiger charge is 2.36. The molecule has 0 saturated carbocycles. The molecule has 0 spiro atoms. The van der Waals surface area contributed by atoms with Crippen LogP contribution in [0.15, 0.2) is 34.9 Å². The summed E-state index contributed by atoms with van der Waals surface area (Å²) in [4.78, 5) is 18.7. The molecule has 0 aliphatic carbocycles. The molecule has 2 aromatic rings. The molecule has 1 aromatic carbocycles. The topological polar surface area (TPSA) is 59.2 Å². The van der Waals surface area contributed by atoms with Crippen molar-refractivity contribution in [2.75, 3.05) is 13.1 Å². The first-order valence-corrected chi connectivity index (χ1v) is 8.35. The van der Waals surface area contributed by atoms with Crippen molar-refractivity contribution in [2.24, 2.45) is 5.92 Å². The van der Waals surface area contributed by atoms with Gasteiger partial charge >= 0.3 is 0 Å². The van der Waals surface area contributed by atoms with Gasteiger partial charge in [0.25, 0.3) is 0 Å². The first kappa shape index (κ1) is 15.7. The molecule has 2 heterocycles. The normalized spacial score (nSPS) is 20.9. The van der Waals surface area contributed by atoms with Crippen LogP contribution in [0.4, 0.5) is 0 Å². The third-order valence-corrected chi connectivity index (χ3v) is 4.50. The minimum absolute atomic E-state index is 0.130. The van der Waals surface area contributed by atoms with Gasteiger partial charge in [0.05, 0.1) is 5.92 Å². The maximum atomic E-state index is 12.2. The molecule has 0 radical (unpaired) electrons. The Kier molecular flexibility index (Phi) is 4.74. The number of aromatic nitrogens is 2. The van der Waals surface area contributed by atoms with Gasteiger partial charge in [0.15, 0.2) is 0 Å². The Bertz CT molecular complexity index is 653. The average Bonchev–Trinajstić information content (AvgIpc) is 3.20. The van der Waals surface area contributed by atoms with Crippen LogP contribution in [0.3, 0.4) is 0 Å². The predicted molar refractivity (Wildman–Crippen MR) is 87.7 cm³/mol. The zero-order valence-corrected chi connectivity index (χ0v) is 13.7. The summed E-state index contributed by atoms with van der Waals surface area (Å²) < 4.78 is 5.48. The molecule has 0 unspecified atom stereocenters. The number of hydrogen-bond donors (Lipinski definition) is 0. The summed E-state index contributed by atoms with van der Waals surface area (Å²) in [7, 11) is 0. The highest BCUT2D eigenvalue weighted by molar-refractivity contribution is 5.76. The minimum atomic E-state index is 0.130. The van der Waals surface area contributed by atoms with E-state index >= 15 is 0 Å². The fourth-order valence-corrected chi connectivity index (χ4v) is 3.07. The lowest BCUT2D eigenvalue weighted by Crippen LogP contribution is -2.28. The van der Waals surface area contributed by atoms with Gasteiger partial charge in [0.1, 0.15) is 0 Å². The maximum absolute atomic E-state index is 12.2. The minimum Gasteiger partial charge on any atom is -0.342 e. The highest BCUT2D eigenvalue weighted by atomic mass is 16.5. The molecule has 1 aliphatic heterocycles. The summed E-state index contributed by atoms with van der Waals surface area (Å²) in [6.45, 7) is 5.70. The van der Waals surface area contributed by atoms with Crippen molar-refractivity contribution in [3.8, 4) is 11.4 Å². The SMILES string of the molecule is CCCCC(=O)N1C[C@H](c2nc(-c3ccccc3)no2)[C@@H](C)C1. The maximum Gasteiger partial charge on any atom is 0.232 e. The molecule has 1 aromatic heterocycles. The molecular weight excluding hydrogens is 290 g/mol. The van der Waals surface area contributed by atoms with E-state index in [9.17, 15) is 4.79 Å². The summed E-state index contributed by atoms with van der Waals surface area (Å²) in [5.74, 6) is 1.96. The van der Waals surface area contributed by atoms with E-state index in [-0.39, 0.29) is 11.8 Å². The summed E-state index contributed by atoms with van der Waals surface area (Å²) >= 11 is 0. The Labute approximate surface area is 136 Å². The Hall–Kier alpha value is -2.17. The van der Waals surface area contributed by atoms with Gasteiger partial charge in [0.2, 0.25) is 17.6 Å². The number of hydrogen-bond acceptors (Lipinski definition) is 4. The number of nitrogens with zero attached hydrogens (tertiary/aromatic N) is 3. The number of likely N-dealkylation sites (tertiary alicyclic amines) is 1. The molecule has 2 atom stereocenters. The molecule has 23 heavy (non-hydrogen) atoms. The number of amides is 1. The number of carbonyl (C=O) groups is 1. The Morgan fingerprint density at radius 3 is 2.83 bits per heavy atom. The smallest absolute Gasteiger partial charge is 0.232 e. The molecule has 1 amide bonds. The van der Waals surface area contributed by atoms with Gasteiger partial charge in [-0.3, -0.25) is 4.79 Å². The third kappa shape index (κ3) is 3.44. The quantitative estimate of drug-likeness (QED) is 0.848. The monoisotopic (exact) mass is 313 g/mol. The molecule has 3 rings (SSSR count). The third-order valence-electron chi connectivity index (χ3n) is 4.50. The van der Waals surface area contributed by atoms with E-state index in [4.69, 9.17) is 4.52 Å². The van der Waals surface area contributed by atoms with E-state index in [1.807, 2.05) is 35.2 Å². The Balaban J connectivity index is 1.70. The van der Waals surface area contributed by atoms with Gasteiger partial charge in [-0.1, -0.05) is 55.8 Å². The van der Waals surface area contributed by atoms with E-state index < -0.39 is 0 Å². The predicted octanol–water partition coefficient (Wildman–Crippen LogP) is 3.49. The second-order valence-corrected chi connectivity index (χ2v) is 6.31. The molecule has 0 N–H and O–H groups in total. The fourth-order valence-electron chi connectivity index (χ4n) is 3.07. The largest absolute Gasteiger partial charge is 0.342 e. The molecule has 0 bridgehead atoms. The van der Waals surface area contributed by atoms with E-state index in [2.05, 4.69) is 24.0 Å². The number of benzene rings is 1. The lowest BCUT2D eigenvalue weighted by atomic mass is 9.98. The van der Waals surface area contributed by atoms with Crippen LogP contribution in [0.5, 0.6) is 0 Å². The van der Waals surface area contributed by atoms with E-state index in [1.54, 1.807) is 0 Å². The standard InChI is InChI=1S/C18H23N3O2/c1-3-4-10-16(22)21-11-13(2)15(12-21)18-19-17(20-23-18)14-8-6-5-7-9-14/h5-9,13,15H,3-4,10-12H2,1-2H3/t13-,15-/m0/s1. The van der Waals surface area contributed by atoms with Crippen LogP contribution in [0.2, 0.25) is 0 Å². The Morgan fingerprint density at radius 2 is 2.09 bits per heavy atom. The lowest BCUT2D eigenvalue weighted by molar-refractivity contribution is -0.130. The van der Waals surface area contributed by atoms with Crippen molar-refractivity contribution < 1.29 is 9.32 Å². The van der Waals surface area contributed by atoms with Crippen LogP contribution in [0.25, 0.3) is 11.4 Å². The first-order chi connectivity index (χ1) is 11.2. The van der Waals surface area contributed by atoms with E-state index in [0.29, 0.717) is 30.6 Å². The van der Waals surface area contributed by atoms with E-state index in [1.165, 1.54) is 0 Å². The van der Waals surface area contributed by atoms with Gasteiger partial charge in [0, 0.05) is 25.1 Å². The number of unbranched alkanes of at least 4 members (excludes halogenated alkanes) is 1. The zero-order chi connectivity index (χ0) is 16.2. The fraction of sp³-hybridized carbons (Fsp3) is 0.500. The highest BCUT2D eigenvalue weighted by Crippen LogP contribution is 2.32. The second-order valence-electron chi connectivity index (χ2n) is 6.31. The molecular formula is C18H23N3O2. The first-order valence-electron chi connectivity index (χ1n) is 8.35. The van der Waals surface area contributed by atoms with Crippen LogP contribution in [0.1, 0.15) is 44.9 Å². The molecule has 1 fully saturated rings. The summed E-state index contributed by atoms with van der Waals surface area (Å²) in [6.07, 6.45) is 2.63. The van der Waals surface area contributed by atoms with Crippen molar-refractivity contribution in [3.05, 3.63) is 36.2 Å². The average molecular weight is 313 g/mol. The lowest BCUT2D eigenvalue weighted by Gasteiger charge is -2.15. The molecule has 5 heteroatoms. The second kappa shape index (κ2) is 6.94. The van der Waals surface area contributed by atoms with Crippen molar-refractivity contribution >= 4 is 5.91 Å². The van der Waals surface area contributed by atoms with Crippen LogP contribution < -0.4 is 0 Å². The van der Waals surface area contributed by atoms with Crippen molar-refractivity contribution in [1.29, 1.82) is 0 Å². The van der Waals surface area contributed by atoms with E-state index in [0.717, 1.165) is 24.9 Å². The Morgan fingerprint density at radius 1 is 1.30 bits per heavy atom. The van der Waals surface area contributed by atoms with Crippen molar-refractivity contribution in [1.82, 2.24) is 15.0 Å². The molecule has 122 valence electrons. The molecule has 1 aliphatic rings. The van der Waals surface area contributed by atoms with Crippen molar-refractivity contribution in [3.63, 3.8) is 0 Å². The van der Waals surface area contributed by atoms with Gasteiger partial charge in [-0.15, -0.1) is 0 Å². The summed E-state index contributed by atoms with van der Waals surface area (Å²) in [6, 6.07) is 9.80. The van der Waals surface area contributed by atoms with Gasteiger partial charge in [-0.25, -0.2) is 0 Å². The van der Waals surface area contributed by atoms with Crippen LogP contribution in [-0.4, -0.2) is 34.0 Å². The molecule has 5 nitrogen and oxygen atoms in total. The van der Waals surface area contributed by atoms with Gasteiger partial charge in [-0.2, -0.15) is 4.98 Å². The zero-order valence-electron chi connectivity index (χ0n) is 13.7.